The Morgan fingerprint density at radius 2 is 1.89 bits per heavy atom. The second-order valence-electron chi connectivity index (χ2n) is 9.65. The van der Waals surface area contributed by atoms with E-state index in [1.165, 1.54) is 56.0 Å². The van der Waals surface area contributed by atoms with Gasteiger partial charge in [0.2, 0.25) is 0 Å². The van der Waals surface area contributed by atoms with Gasteiger partial charge in [0.25, 0.3) is 0 Å². The molecule has 2 aromatic heterocycles. The van der Waals surface area contributed by atoms with Gasteiger partial charge in [-0.25, -0.2) is 9.50 Å². The van der Waals surface area contributed by atoms with Crippen molar-refractivity contribution < 1.29 is 4.74 Å². The first-order chi connectivity index (χ1) is 17.2. The first-order valence-electron chi connectivity index (χ1n) is 12.8. The number of hydrogen-bond acceptors (Lipinski definition) is 6. The minimum Gasteiger partial charge on any atom is -0.489 e. The standard InChI is InChI=1S/C28H36N6O/c1-32-14-16-33(17-15-32)13-6-5-11-24-19-26(27-28(29)30-21-31-34(24)27)23-10-7-12-25(18-23)35-20-22-8-3-2-4-9-22/h2-4,8-9,12,18-19,21H,5-7,10-11,13-17,20H2,1H3,(H2,29,30,31). The van der Waals surface area contributed by atoms with Crippen LogP contribution in [0.5, 0.6) is 0 Å². The normalized spacial score (nSPS) is 17.4. The number of anilines is 1. The molecular formula is C28H36N6O. The van der Waals surface area contributed by atoms with Gasteiger partial charge in [-0.3, -0.25) is 0 Å². The first-order valence-corrected chi connectivity index (χ1v) is 12.8. The van der Waals surface area contributed by atoms with E-state index in [0.29, 0.717) is 12.4 Å². The van der Waals surface area contributed by atoms with Crippen LogP contribution in [0.25, 0.3) is 11.1 Å². The lowest BCUT2D eigenvalue weighted by atomic mass is 9.97. The van der Waals surface area contributed by atoms with Crippen LogP contribution in [-0.2, 0) is 17.8 Å². The van der Waals surface area contributed by atoms with Gasteiger partial charge in [0.05, 0.1) is 0 Å². The van der Waals surface area contributed by atoms with E-state index in [9.17, 15) is 0 Å². The Morgan fingerprint density at radius 1 is 1.06 bits per heavy atom. The number of benzene rings is 1. The van der Waals surface area contributed by atoms with Gasteiger partial charge in [-0.15, -0.1) is 0 Å². The van der Waals surface area contributed by atoms with Gasteiger partial charge in [-0.05, 0) is 75.1 Å². The van der Waals surface area contributed by atoms with Crippen molar-refractivity contribution in [1.29, 1.82) is 0 Å². The summed E-state index contributed by atoms with van der Waals surface area (Å²) in [5.74, 6) is 1.44. The Balaban J connectivity index is 1.28. The summed E-state index contributed by atoms with van der Waals surface area (Å²) in [7, 11) is 2.20. The van der Waals surface area contributed by atoms with Crippen molar-refractivity contribution in [2.24, 2.45) is 0 Å². The van der Waals surface area contributed by atoms with Crippen LogP contribution in [-0.4, -0.2) is 64.2 Å². The number of likely N-dealkylation sites (N-methyl/N-ethyl adjacent to an activating group) is 1. The minimum absolute atomic E-state index is 0.529. The summed E-state index contributed by atoms with van der Waals surface area (Å²) in [6.45, 7) is 6.42. The maximum Gasteiger partial charge on any atom is 0.151 e. The molecule has 0 atom stereocenters. The quantitative estimate of drug-likeness (QED) is 0.472. The molecule has 0 amide bonds. The number of aryl methyl sites for hydroxylation is 1. The van der Waals surface area contributed by atoms with E-state index in [1.807, 2.05) is 22.7 Å². The Kier molecular flexibility index (Phi) is 7.45. The van der Waals surface area contributed by atoms with Gasteiger partial charge in [-0.1, -0.05) is 30.3 Å². The van der Waals surface area contributed by atoms with E-state index in [-0.39, 0.29) is 0 Å². The summed E-state index contributed by atoms with van der Waals surface area (Å²) in [6.07, 6.45) is 11.1. The van der Waals surface area contributed by atoms with Crippen molar-refractivity contribution in [2.45, 2.75) is 38.7 Å². The summed E-state index contributed by atoms with van der Waals surface area (Å²) >= 11 is 0. The van der Waals surface area contributed by atoms with Gasteiger partial charge in [0.1, 0.15) is 24.2 Å². The Labute approximate surface area is 207 Å². The predicted octanol–water partition coefficient (Wildman–Crippen LogP) is 4.16. The average Bonchev–Trinajstić information content (AvgIpc) is 3.27. The molecule has 0 bridgehead atoms. The highest BCUT2D eigenvalue weighted by atomic mass is 16.5. The third kappa shape index (κ3) is 5.74. The fourth-order valence-electron chi connectivity index (χ4n) is 5.00. The maximum atomic E-state index is 6.35. The van der Waals surface area contributed by atoms with Crippen LogP contribution in [0, 0.1) is 0 Å². The number of aromatic nitrogens is 3. The number of fused-ring (bicyclic) bond motifs is 1. The monoisotopic (exact) mass is 472 g/mol. The summed E-state index contributed by atoms with van der Waals surface area (Å²) in [5.41, 5.74) is 12.0. The maximum absolute atomic E-state index is 6.35. The van der Waals surface area contributed by atoms with Crippen LogP contribution in [0.3, 0.4) is 0 Å². The van der Waals surface area contributed by atoms with Crippen molar-refractivity contribution in [1.82, 2.24) is 24.4 Å². The van der Waals surface area contributed by atoms with E-state index in [1.54, 1.807) is 6.33 Å². The number of allylic oxidation sites excluding steroid dienone is 3. The molecule has 1 aromatic carbocycles. The molecule has 3 aromatic rings. The SMILES string of the molecule is CN1CCN(CCCCc2cc(C3=CC(OCc4ccccc4)=CCC3)c3c(N)ncnn23)CC1. The number of hydrogen-bond donors (Lipinski definition) is 1. The molecule has 7 nitrogen and oxygen atoms in total. The van der Waals surface area contributed by atoms with Crippen LogP contribution in [0.2, 0.25) is 0 Å². The van der Waals surface area contributed by atoms with Gasteiger partial charge in [-0.2, -0.15) is 5.10 Å². The molecular weight excluding hydrogens is 436 g/mol. The number of unbranched alkanes of at least 4 members (excludes halogenated alkanes) is 1. The molecule has 1 saturated heterocycles. The molecule has 2 N–H and O–H groups in total. The van der Waals surface area contributed by atoms with E-state index in [0.717, 1.165) is 42.5 Å². The van der Waals surface area contributed by atoms with Gasteiger partial charge in [0, 0.05) is 37.4 Å². The molecule has 5 rings (SSSR count). The third-order valence-corrected chi connectivity index (χ3v) is 7.08. The van der Waals surface area contributed by atoms with Gasteiger partial charge < -0.3 is 20.3 Å². The molecule has 35 heavy (non-hydrogen) atoms. The number of ether oxygens (including phenoxy) is 1. The van der Waals surface area contributed by atoms with E-state index in [4.69, 9.17) is 10.5 Å². The van der Waals surface area contributed by atoms with E-state index >= 15 is 0 Å². The average molecular weight is 473 g/mol. The lowest BCUT2D eigenvalue weighted by Crippen LogP contribution is -2.44. The molecule has 1 aliphatic heterocycles. The lowest BCUT2D eigenvalue weighted by Gasteiger charge is -2.32. The topological polar surface area (TPSA) is 71.9 Å². The van der Waals surface area contributed by atoms with Crippen LogP contribution >= 0.6 is 0 Å². The van der Waals surface area contributed by atoms with Crippen LogP contribution in [0.15, 0.2) is 60.6 Å². The van der Waals surface area contributed by atoms with Crippen LogP contribution in [0.1, 0.15) is 42.5 Å². The van der Waals surface area contributed by atoms with Gasteiger partial charge >= 0.3 is 0 Å². The number of rotatable bonds is 9. The van der Waals surface area contributed by atoms with Crippen molar-refractivity contribution in [3.05, 3.63) is 77.5 Å². The zero-order chi connectivity index (χ0) is 24.0. The summed E-state index contributed by atoms with van der Waals surface area (Å²) in [6, 6.07) is 12.5. The van der Waals surface area contributed by atoms with Crippen LogP contribution < -0.4 is 5.73 Å². The number of nitrogens with two attached hydrogens (primary N) is 1. The van der Waals surface area contributed by atoms with E-state index in [2.05, 4.69) is 57.3 Å². The second-order valence-corrected chi connectivity index (χ2v) is 9.65. The van der Waals surface area contributed by atoms with Crippen molar-refractivity contribution in [3.63, 3.8) is 0 Å². The Hall–Kier alpha value is -3.16. The first kappa shape index (κ1) is 23.6. The number of nitrogens with zero attached hydrogens (tertiary/aromatic N) is 5. The molecule has 0 unspecified atom stereocenters. The van der Waals surface area contributed by atoms with E-state index < -0.39 is 0 Å². The highest BCUT2D eigenvalue weighted by molar-refractivity contribution is 5.86. The molecule has 0 spiro atoms. The third-order valence-electron chi connectivity index (χ3n) is 7.08. The largest absolute Gasteiger partial charge is 0.489 e. The predicted molar refractivity (Wildman–Crippen MR) is 141 cm³/mol. The molecule has 0 radical (unpaired) electrons. The number of piperazine rings is 1. The number of nitrogen functional groups attached to an aromatic ring is 1. The molecule has 1 aliphatic carbocycles. The molecule has 7 heteroatoms. The molecule has 3 heterocycles. The van der Waals surface area contributed by atoms with Crippen molar-refractivity contribution in [2.75, 3.05) is 45.5 Å². The summed E-state index contributed by atoms with van der Waals surface area (Å²) in [5, 5.41) is 4.57. The smallest absolute Gasteiger partial charge is 0.151 e. The Morgan fingerprint density at radius 3 is 2.71 bits per heavy atom. The van der Waals surface area contributed by atoms with Crippen LogP contribution in [0.4, 0.5) is 5.82 Å². The molecule has 0 saturated carbocycles. The summed E-state index contributed by atoms with van der Waals surface area (Å²) in [4.78, 5) is 9.28. The summed E-state index contributed by atoms with van der Waals surface area (Å²) < 4.78 is 8.12. The molecule has 1 fully saturated rings. The zero-order valence-electron chi connectivity index (χ0n) is 20.7. The highest BCUT2D eigenvalue weighted by Crippen LogP contribution is 2.33. The fraction of sp³-hybridized carbons (Fsp3) is 0.429. The fourth-order valence-corrected chi connectivity index (χ4v) is 5.00. The lowest BCUT2D eigenvalue weighted by molar-refractivity contribution is 0.152. The zero-order valence-corrected chi connectivity index (χ0v) is 20.7. The minimum atomic E-state index is 0.529. The molecule has 2 aliphatic rings. The Bertz CT molecular complexity index is 1190. The van der Waals surface area contributed by atoms with Crippen molar-refractivity contribution >= 4 is 16.9 Å². The van der Waals surface area contributed by atoms with Gasteiger partial charge in [0.15, 0.2) is 5.82 Å². The highest BCUT2D eigenvalue weighted by Gasteiger charge is 2.19. The second kappa shape index (κ2) is 11.1. The molecule has 184 valence electrons. The van der Waals surface area contributed by atoms with Crippen molar-refractivity contribution in [3.8, 4) is 0 Å².